The summed E-state index contributed by atoms with van der Waals surface area (Å²) < 4.78 is 0. The molecule has 26 heavy (non-hydrogen) atoms. The Kier molecular flexibility index (Phi) is 15.1. The quantitative estimate of drug-likeness (QED) is 0.354. The number of benzene rings is 1. The minimum absolute atomic E-state index is 0.0186. The Bertz CT molecular complexity index is 535. The van der Waals surface area contributed by atoms with Crippen LogP contribution in [0.5, 0.6) is 0 Å². The van der Waals surface area contributed by atoms with Crippen molar-refractivity contribution in [2.45, 2.75) is 25.7 Å². The van der Waals surface area contributed by atoms with Crippen LogP contribution in [0.1, 0.15) is 46.4 Å². The Labute approximate surface area is 149 Å². The van der Waals surface area contributed by atoms with Gasteiger partial charge in [0.15, 0.2) is 0 Å². The third-order valence-electron chi connectivity index (χ3n) is 2.49. The average molecular weight is 374 g/mol. The minimum atomic E-state index is -1.13. The van der Waals surface area contributed by atoms with Crippen molar-refractivity contribution in [1.29, 1.82) is 0 Å². The smallest absolute Gasteiger partial charge is 0.335 e. The van der Waals surface area contributed by atoms with Gasteiger partial charge in [0.25, 0.3) is 0 Å². The highest BCUT2D eigenvalue weighted by molar-refractivity contribution is 5.93. The molecule has 146 valence electrons. The summed E-state index contributed by atoms with van der Waals surface area (Å²) in [6, 6.07) is 5.20. The highest BCUT2D eigenvalue weighted by Crippen LogP contribution is 2.04. The molecule has 6 N–H and O–H groups in total. The summed E-state index contributed by atoms with van der Waals surface area (Å²) in [4.78, 5) is 40.6. The number of carboxylic acid groups (broad SMARTS) is 4. The van der Waals surface area contributed by atoms with Gasteiger partial charge in [-0.25, -0.2) is 9.59 Å². The Morgan fingerprint density at radius 1 is 0.692 bits per heavy atom. The summed E-state index contributed by atoms with van der Waals surface area (Å²) >= 11 is 0. The number of aliphatic hydroxyl groups is 2. The normalized spacial score (nSPS) is 9.00. The molecule has 0 aliphatic rings. The molecule has 0 unspecified atom stereocenters. The molecule has 0 fully saturated rings. The first-order chi connectivity index (χ1) is 12.1. The molecule has 1 aromatic carbocycles. The van der Waals surface area contributed by atoms with Crippen LogP contribution in [0.4, 0.5) is 0 Å². The predicted molar refractivity (Wildman–Crippen MR) is 88.3 cm³/mol. The van der Waals surface area contributed by atoms with Crippen LogP contribution < -0.4 is 0 Å². The van der Waals surface area contributed by atoms with Crippen LogP contribution in [0.15, 0.2) is 24.3 Å². The van der Waals surface area contributed by atoms with E-state index in [1.807, 2.05) is 0 Å². The number of aliphatic hydroxyl groups excluding tert-OH is 2. The number of hydrogen-bond donors (Lipinski definition) is 6. The lowest BCUT2D eigenvalue weighted by Crippen LogP contribution is -2.01. The molecule has 10 nitrogen and oxygen atoms in total. The van der Waals surface area contributed by atoms with Crippen molar-refractivity contribution >= 4 is 23.9 Å². The monoisotopic (exact) mass is 374 g/mol. The molecule has 0 saturated heterocycles. The zero-order valence-corrected chi connectivity index (χ0v) is 13.9. The number of unbranched alkanes of at least 4 members (excludes halogenated alkanes) is 1. The summed E-state index contributed by atoms with van der Waals surface area (Å²) in [7, 11) is 0. The number of carbonyl (C=O) groups is 4. The second kappa shape index (κ2) is 15.5. The Morgan fingerprint density at radius 2 is 1.04 bits per heavy atom. The molecule has 0 spiro atoms. The van der Waals surface area contributed by atoms with Crippen molar-refractivity contribution in [1.82, 2.24) is 0 Å². The first kappa shape index (κ1) is 25.3. The summed E-state index contributed by atoms with van der Waals surface area (Å²) in [6.07, 6.45) is 1.02. The van der Waals surface area contributed by atoms with Crippen molar-refractivity contribution in [2.24, 2.45) is 0 Å². The maximum absolute atomic E-state index is 10.4. The fourth-order valence-electron chi connectivity index (χ4n) is 1.34. The van der Waals surface area contributed by atoms with Crippen LogP contribution in [0.3, 0.4) is 0 Å². The van der Waals surface area contributed by atoms with Gasteiger partial charge in [-0.05, 0) is 31.0 Å². The van der Waals surface area contributed by atoms with Crippen LogP contribution in [0.2, 0.25) is 0 Å². The van der Waals surface area contributed by atoms with Gasteiger partial charge in [0.2, 0.25) is 0 Å². The maximum Gasteiger partial charge on any atom is 0.335 e. The van der Waals surface area contributed by atoms with E-state index in [1.54, 1.807) is 0 Å². The second-order valence-corrected chi connectivity index (χ2v) is 4.63. The Hall–Kier alpha value is -2.98. The summed E-state index contributed by atoms with van der Waals surface area (Å²) in [6.45, 7) is -0.250. The van der Waals surface area contributed by atoms with Gasteiger partial charge in [0.1, 0.15) is 0 Å². The molecule has 0 aliphatic carbocycles. The topological polar surface area (TPSA) is 190 Å². The van der Waals surface area contributed by atoms with Gasteiger partial charge in [0.05, 0.1) is 24.3 Å². The summed E-state index contributed by atoms with van der Waals surface area (Å²) in [5.41, 5.74) is -0.0372. The third kappa shape index (κ3) is 15.9. The molecule has 0 saturated carbocycles. The lowest BCUT2D eigenvalue weighted by molar-refractivity contribution is -0.139. The fraction of sp³-hybridized carbons (Fsp3) is 0.375. The Morgan fingerprint density at radius 3 is 1.27 bits per heavy atom. The lowest BCUT2D eigenvalue weighted by Gasteiger charge is -1.95. The molecule has 0 aliphatic heterocycles. The van der Waals surface area contributed by atoms with Gasteiger partial charge in [-0.3, -0.25) is 9.59 Å². The van der Waals surface area contributed by atoms with E-state index in [-0.39, 0.29) is 37.2 Å². The van der Waals surface area contributed by atoms with Crippen LogP contribution in [-0.4, -0.2) is 67.7 Å². The van der Waals surface area contributed by atoms with Gasteiger partial charge in [-0.2, -0.15) is 0 Å². The van der Waals surface area contributed by atoms with Gasteiger partial charge in [-0.1, -0.05) is 6.07 Å². The van der Waals surface area contributed by atoms with E-state index in [9.17, 15) is 19.2 Å². The van der Waals surface area contributed by atoms with E-state index in [0.717, 1.165) is 6.07 Å². The first-order valence-corrected chi connectivity index (χ1v) is 7.37. The Balaban J connectivity index is 0. The molecule has 0 aromatic heterocycles. The largest absolute Gasteiger partial charge is 0.481 e. The van der Waals surface area contributed by atoms with E-state index >= 15 is 0 Å². The molecular weight excluding hydrogens is 352 g/mol. The predicted octanol–water partition coefficient (Wildman–Crippen LogP) is 0.770. The van der Waals surface area contributed by atoms with Crippen molar-refractivity contribution in [3.8, 4) is 0 Å². The van der Waals surface area contributed by atoms with Gasteiger partial charge in [0, 0.05) is 12.8 Å². The number of aliphatic carboxylic acids is 2. The lowest BCUT2D eigenvalue weighted by atomic mass is 10.1. The van der Waals surface area contributed by atoms with E-state index in [0.29, 0.717) is 12.8 Å². The molecule has 0 heterocycles. The van der Waals surface area contributed by atoms with Gasteiger partial charge < -0.3 is 30.6 Å². The van der Waals surface area contributed by atoms with E-state index in [1.165, 1.54) is 18.2 Å². The number of rotatable bonds is 8. The molecule has 0 atom stereocenters. The highest BCUT2D eigenvalue weighted by Gasteiger charge is 2.06. The summed E-state index contributed by atoms with van der Waals surface area (Å²) in [5, 5.41) is 48.5. The SMILES string of the molecule is O=C(O)CCCCC(=O)O.O=C(O)c1cccc(C(=O)O)c1.OCCO. The van der Waals surface area contributed by atoms with E-state index in [4.69, 9.17) is 30.6 Å². The van der Waals surface area contributed by atoms with Gasteiger partial charge >= 0.3 is 23.9 Å². The highest BCUT2D eigenvalue weighted by atomic mass is 16.4. The molecule has 1 rings (SSSR count). The van der Waals surface area contributed by atoms with Crippen molar-refractivity contribution < 1.29 is 49.8 Å². The van der Waals surface area contributed by atoms with Crippen LogP contribution in [0, 0.1) is 0 Å². The molecule has 10 heteroatoms. The number of aromatic carboxylic acids is 2. The van der Waals surface area contributed by atoms with Crippen LogP contribution >= 0.6 is 0 Å². The number of hydrogen-bond acceptors (Lipinski definition) is 6. The van der Waals surface area contributed by atoms with Crippen molar-refractivity contribution in [3.63, 3.8) is 0 Å². The zero-order valence-electron chi connectivity index (χ0n) is 13.9. The molecular formula is C16H22O10. The van der Waals surface area contributed by atoms with Crippen molar-refractivity contribution in [2.75, 3.05) is 13.2 Å². The van der Waals surface area contributed by atoms with Crippen LogP contribution in [0.25, 0.3) is 0 Å². The maximum atomic E-state index is 10.4. The van der Waals surface area contributed by atoms with Gasteiger partial charge in [-0.15, -0.1) is 0 Å². The number of carboxylic acids is 4. The summed E-state index contributed by atoms with van der Waals surface area (Å²) in [5.74, 6) is -3.99. The van der Waals surface area contributed by atoms with E-state index in [2.05, 4.69) is 0 Å². The zero-order chi connectivity index (χ0) is 20.5. The molecule has 1 aromatic rings. The van der Waals surface area contributed by atoms with E-state index < -0.39 is 23.9 Å². The molecule has 0 radical (unpaired) electrons. The third-order valence-corrected chi connectivity index (χ3v) is 2.49. The standard InChI is InChI=1S/C8H6O4.C6H10O4.C2H6O2/c9-7(10)5-2-1-3-6(4-5)8(11)12;7-5(8)3-1-2-4-6(9)10;3-1-2-4/h1-4H,(H,9,10)(H,11,12);1-4H2,(H,7,8)(H,9,10);3-4H,1-2H2. The second-order valence-electron chi connectivity index (χ2n) is 4.63. The minimum Gasteiger partial charge on any atom is -0.481 e. The first-order valence-electron chi connectivity index (χ1n) is 7.37. The molecule has 0 bridgehead atoms. The van der Waals surface area contributed by atoms with Crippen LogP contribution in [-0.2, 0) is 9.59 Å². The van der Waals surface area contributed by atoms with Crippen molar-refractivity contribution in [3.05, 3.63) is 35.4 Å². The fourth-order valence-corrected chi connectivity index (χ4v) is 1.34. The average Bonchev–Trinajstić information content (AvgIpc) is 2.59. The molecule has 0 amide bonds.